The van der Waals surface area contributed by atoms with Gasteiger partial charge in [0.25, 0.3) is 0 Å². The van der Waals surface area contributed by atoms with E-state index < -0.39 is 17.8 Å². The van der Waals surface area contributed by atoms with Crippen LogP contribution in [0, 0.1) is 0 Å². The predicted octanol–water partition coefficient (Wildman–Crippen LogP) is 0.742. The Labute approximate surface area is 84.8 Å². The second-order valence-electron chi connectivity index (χ2n) is 4.65. The maximum atomic E-state index is 11.4. The van der Waals surface area contributed by atoms with Crippen LogP contribution in [-0.4, -0.2) is 40.9 Å². The average molecular weight is 201 g/mol. The smallest absolute Gasteiger partial charge is 0.351 e. The third-order valence-corrected chi connectivity index (χ3v) is 2.10. The molecule has 0 bridgehead atoms. The molecule has 1 saturated heterocycles. The van der Waals surface area contributed by atoms with Gasteiger partial charge in [-0.05, 0) is 33.6 Å². The van der Waals surface area contributed by atoms with Gasteiger partial charge in [-0.15, -0.1) is 0 Å². The highest BCUT2D eigenvalue weighted by atomic mass is 16.6. The number of hydrogen-bond acceptors (Lipinski definition) is 4. The third-order valence-electron chi connectivity index (χ3n) is 2.10. The number of likely N-dealkylation sites (tertiary alicyclic amines) is 1. The van der Waals surface area contributed by atoms with Crippen molar-refractivity contribution in [3.63, 3.8) is 0 Å². The van der Waals surface area contributed by atoms with E-state index in [1.165, 1.54) is 0 Å². The molecule has 1 aliphatic rings. The fourth-order valence-corrected chi connectivity index (χ4v) is 1.49. The van der Waals surface area contributed by atoms with E-state index in [0.717, 1.165) is 25.9 Å². The summed E-state index contributed by atoms with van der Waals surface area (Å²) in [5.74, 6) is -0.542. The van der Waals surface area contributed by atoms with Crippen LogP contribution in [0.5, 0.6) is 0 Å². The number of esters is 1. The minimum absolute atomic E-state index is 0.530. The van der Waals surface area contributed by atoms with Gasteiger partial charge in [0.2, 0.25) is 6.23 Å². The molecule has 82 valence electrons. The first-order valence-electron chi connectivity index (χ1n) is 5.05. The van der Waals surface area contributed by atoms with Crippen molar-refractivity contribution in [2.75, 3.05) is 13.1 Å². The van der Waals surface area contributed by atoms with Crippen molar-refractivity contribution < 1.29 is 14.6 Å². The second-order valence-corrected chi connectivity index (χ2v) is 4.65. The number of hydrogen-bond donors (Lipinski definition) is 1. The minimum Gasteiger partial charge on any atom is -0.457 e. The van der Waals surface area contributed by atoms with Crippen molar-refractivity contribution in [2.24, 2.45) is 0 Å². The average Bonchev–Trinajstić information content (AvgIpc) is 2.51. The van der Waals surface area contributed by atoms with Crippen LogP contribution in [0.2, 0.25) is 0 Å². The van der Waals surface area contributed by atoms with Gasteiger partial charge in [0, 0.05) is 13.1 Å². The first-order chi connectivity index (χ1) is 6.40. The standard InChI is InChI=1S/C10H19NO3/c1-10(2,3)14-9(13)8(12)11-6-4-5-7-11/h8,12H,4-7H2,1-3H3. The molecule has 4 nitrogen and oxygen atoms in total. The topological polar surface area (TPSA) is 49.8 Å². The van der Waals surface area contributed by atoms with Gasteiger partial charge in [-0.3, -0.25) is 4.90 Å². The van der Waals surface area contributed by atoms with Crippen molar-refractivity contribution in [1.29, 1.82) is 0 Å². The normalized spacial score (nSPS) is 20.9. The Bertz CT molecular complexity index is 204. The van der Waals surface area contributed by atoms with Gasteiger partial charge in [-0.25, -0.2) is 4.79 Å². The Balaban J connectivity index is 2.43. The van der Waals surface area contributed by atoms with Crippen molar-refractivity contribution in [3.05, 3.63) is 0 Å². The van der Waals surface area contributed by atoms with E-state index in [9.17, 15) is 9.90 Å². The number of carbonyl (C=O) groups is 1. The van der Waals surface area contributed by atoms with Gasteiger partial charge < -0.3 is 9.84 Å². The van der Waals surface area contributed by atoms with Gasteiger partial charge in [-0.1, -0.05) is 0 Å². The monoisotopic (exact) mass is 201 g/mol. The van der Waals surface area contributed by atoms with Crippen molar-refractivity contribution >= 4 is 5.97 Å². The summed E-state index contributed by atoms with van der Waals surface area (Å²) in [4.78, 5) is 13.2. The van der Waals surface area contributed by atoms with Crippen LogP contribution in [0.15, 0.2) is 0 Å². The Morgan fingerprint density at radius 2 is 1.86 bits per heavy atom. The van der Waals surface area contributed by atoms with Crippen LogP contribution in [0.1, 0.15) is 33.6 Å². The van der Waals surface area contributed by atoms with E-state index in [-0.39, 0.29) is 0 Å². The lowest BCUT2D eigenvalue weighted by molar-refractivity contribution is -0.174. The fourth-order valence-electron chi connectivity index (χ4n) is 1.49. The first-order valence-corrected chi connectivity index (χ1v) is 5.05. The van der Waals surface area contributed by atoms with Crippen molar-refractivity contribution in [2.45, 2.75) is 45.4 Å². The number of aliphatic hydroxyl groups is 1. The number of nitrogens with zero attached hydrogens (tertiary/aromatic N) is 1. The van der Waals surface area contributed by atoms with E-state index in [0.29, 0.717) is 0 Å². The summed E-state index contributed by atoms with van der Waals surface area (Å²) in [6, 6.07) is 0. The highest BCUT2D eigenvalue weighted by Crippen LogP contribution is 2.14. The lowest BCUT2D eigenvalue weighted by Gasteiger charge is -2.25. The van der Waals surface area contributed by atoms with Gasteiger partial charge in [0.1, 0.15) is 5.60 Å². The molecule has 0 aromatic carbocycles. The molecule has 1 fully saturated rings. The lowest BCUT2D eigenvalue weighted by atomic mass is 10.2. The van der Waals surface area contributed by atoms with E-state index >= 15 is 0 Å². The van der Waals surface area contributed by atoms with Crippen LogP contribution in [0.25, 0.3) is 0 Å². The maximum absolute atomic E-state index is 11.4. The number of ether oxygens (including phenoxy) is 1. The van der Waals surface area contributed by atoms with Crippen LogP contribution < -0.4 is 0 Å². The molecule has 0 aromatic rings. The summed E-state index contributed by atoms with van der Waals surface area (Å²) in [6.45, 7) is 6.94. The molecule has 1 rings (SSSR count). The molecule has 1 unspecified atom stereocenters. The first kappa shape index (κ1) is 11.5. The quantitative estimate of drug-likeness (QED) is 0.669. The van der Waals surface area contributed by atoms with Crippen LogP contribution >= 0.6 is 0 Å². The zero-order chi connectivity index (χ0) is 10.8. The minimum atomic E-state index is -1.09. The van der Waals surface area contributed by atoms with Crippen LogP contribution in [0.3, 0.4) is 0 Å². The van der Waals surface area contributed by atoms with E-state index in [1.54, 1.807) is 25.7 Å². The van der Waals surface area contributed by atoms with Gasteiger partial charge in [0.15, 0.2) is 0 Å². The Morgan fingerprint density at radius 1 is 1.36 bits per heavy atom. The molecular formula is C10H19NO3. The molecule has 14 heavy (non-hydrogen) atoms. The summed E-state index contributed by atoms with van der Waals surface area (Å²) in [5.41, 5.74) is -0.530. The molecule has 0 saturated carbocycles. The molecule has 0 spiro atoms. The summed E-state index contributed by atoms with van der Waals surface area (Å²) in [7, 11) is 0. The van der Waals surface area contributed by atoms with Crippen molar-refractivity contribution in [1.82, 2.24) is 4.90 Å². The number of rotatable bonds is 2. The van der Waals surface area contributed by atoms with Crippen LogP contribution in [-0.2, 0) is 9.53 Å². The Morgan fingerprint density at radius 3 is 2.29 bits per heavy atom. The summed E-state index contributed by atoms with van der Waals surface area (Å²) in [5, 5.41) is 9.63. The molecule has 1 N–H and O–H groups in total. The van der Waals surface area contributed by atoms with E-state index in [1.807, 2.05) is 0 Å². The molecule has 0 aromatic heterocycles. The van der Waals surface area contributed by atoms with Gasteiger partial charge in [-0.2, -0.15) is 0 Å². The molecular weight excluding hydrogens is 182 g/mol. The Hall–Kier alpha value is -0.610. The Kier molecular flexibility index (Phi) is 3.50. The van der Waals surface area contributed by atoms with Gasteiger partial charge in [0.05, 0.1) is 0 Å². The van der Waals surface area contributed by atoms with E-state index in [4.69, 9.17) is 4.74 Å². The molecule has 4 heteroatoms. The highest BCUT2D eigenvalue weighted by Gasteiger charge is 2.29. The summed E-state index contributed by atoms with van der Waals surface area (Å²) in [6.07, 6.45) is 0.997. The predicted molar refractivity (Wildman–Crippen MR) is 52.7 cm³/mol. The second kappa shape index (κ2) is 4.28. The molecule has 0 radical (unpaired) electrons. The van der Waals surface area contributed by atoms with Gasteiger partial charge >= 0.3 is 5.97 Å². The third kappa shape index (κ3) is 3.27. The maximum Gasteiger partial charge on any atom is 0.351 e. The summed E-state index contributed by atoms with van der Waals surface area (Å²) < 4.78 is 5.08. The molecule has 0 aliphatic carbocycles. The number of carbonyl (C=O) groups excluding carboxylic acids is 1. The van der Waals surface area contributed by atoms with Crippen molar-refractivity contribution in [3.8, 4) is 0 Å². The number of aliphatic hydroxyl groups excluding tert-OH is 1. The SMILES string of the molecule is CC(C)(C)OC(=O)C(O)N1CCCC1. The molecule has 1 heterocycles. The summed E-state index contributed by atoms with van der Waals surface area (Å²) >= 11 is 0. The van der Waals surface area contributed by atoms with E-state index in [2.05, 4.69) is 0 Å². The lowest BCUT2D eigenvalue weighted by Crippen LogP contribution is -2.42. The largest absolute Gasteiger partial charge is 0.457 e. The molecule has 1 atom stereocenters. The zero-order valence-electron chi connectivity index (χ0n) is 9.12. The molecule has 0 amide bonds. The zero-order valence-corrected chi connectivity index (χ0v) is 9.12. The highest BCUT2D eigenvalue weighted by molar-refractivity contribution is 5.74. The molecule has 1 aliphatic heterocycles. The fraction of sp³-hybridized carbons (Fsp3) is 0.900. The van der Waals surface area contributed by atoms with Crippen LogP contribution in [0.4, 0.5) is 0 Å².